The van der Waals surface area contributed by atoms with E-state index in [2.05, 4.69) is 38.0 Å². The van der Waals surface area contributed by atoms with Crippen LogP contribution in [0.15, 0.2) is 24.5 Å². The average molecular weight is 341 g/mol. The number of anilines is 2. The van der Waals surface area contributed by atoms with Crippen molar-refractivity contribution in [1.82, 2.24) is 9.97 Å². The molecule has 1 amide bonds. The Bertz CT molecular complexity index is 775. The molecule has 0 bridgehead atoms. The lowest BCUT2D eigenvalue weighted by Gasteiger charge is -2.33. The summed E-state index contributed by atoms with van der Waals surface area (Å²) in [5.41, 5.74) is 7.60. The Morgan fingerprint density at radius 2 is 2.00 bits per heavy atom. The fourth-order valence-corrected chi connectivity index (χ4v) is 3.70. The van der Waals surface area contributed by atoms with Crippen LogP contribution in [0.1, 0.15) is 12.8 Å². The van der Waals surface area contributed by atoms with Gasteiger partial charge in [-0.25, -0.2) is 9.97 Å². The van der Waals surface area contributed by atoms with Crippen LogP contribution in [0, 0.1) is 5.92 Å². The van der Waals surface area contributed by atoms with E-state index in [-0.39, 0.29) is 11.8 Å². The molecule has 2 saturated heterocycles. The van der Waals surface area contributed by atoms with Gasteiger partial charge in [-0.2, -0.15) is 0 Å². The van der Waals surface area contributed by atoms with Gasteiger partial charge >= 0.3 is 0 Å². The highest BCUT2D eigenvalue weighted by atomic mass is 16.5. The van der Waals surface area contributed by atoms with Crippen molar-refractivity contribution in [2.45, 2.75) is 12.8 Å². The zero-order valence-electron chi connectivity index (χ0n) is 14.2. The number of aromatic nitrogens is 2. The molecule has 0 saturated carbocycles. The number of nitrogens with two attached hydrogens (primary N) is 1. The smallest absolute Gasteiger partial charge is 0.222 e. The van der Waals surface area contributed by atoms with E-state index in [1.807, 2.05) is 0 Å². The molecule has 1 aromatic heterocycles. The normalized spacial score (nSPS) is 21.5. The number of morpholine rings is 1. The summed E-state index contributed by atoms with van der Waals surface area (Å²) in [6.07, 6.45) is 3.41. The number of piperidine rings is 1. The van der Waals surface area contributed by atoms with Crippen molar-refractivity contribution in [3.8, 4) is 0 Å². The highest BCUT2D eigenvalue weighted by Crippen LogP contribution is 2.30. The largest absolute Gasteiger partial charge is 0.378 e. The molecule has 0 aliphatic carbocycles. The van der Waals surface area contributed by atoms with Crippen molar-refractivity contribution in [1.29, 1.82) is 0 Å². The van der Waals surface area contributed by atoms with Crippen molar-refractivity contribution in [2.24, 2.45) is 11.7 Å². The predicted molar refractivity (Wildman–Crippen MR) is 96.7 cm³/mol. The number of carbonyl (C=O) groups is 1. The zero-order chi connectivity index (χ0) is 17.2. The Morgan fingerprint density at radius 3 is 2.80 bits per heavy atom. The molecule has 1 atom stereocenters. The third kappa shape index (κ3) is 3.24. The van der Waals surface area contributed by atoms with Gasteiger partial charge in [0.25, 0.3) is 0 Å². The van der Waals surface area contributed by atoms with Crippen molar-refractivity contribution >= 4 is 28.3 Å². The molecular weight excluding hydrogens is 318 g/mol. The number of hydrogen-bond donors (Lipinski definition) is 1. The van der Waals surface area contributed by atoms with Crippen LogP contribution in [0.3, 0.4) is 0 Å². The average Bonchev–Trinajstić information content (AvgIpc) is 2.68. The summed E-state index contributed by atoms with van der Waals surface area (Å²) in [4.78, 5) is 25.0. The molecule has 3 heterocycles. The topological polar surface area (TPSA) is 84.6 Å². The lowest BCUT2D eigenvalue weighted by atomic mass is 9.97. The molecule has 132 valence electrons. The van der Waals surface area contributed by atoms with Gasteiger partial charge in [0.05, 0.1) is 24.6 Å². The number of carbonyl (C=O) groups excluding carboxylic acids is 1. The second-order valence-corrected chi connectivity index (χ2v) is 6.69. The van der Waals surface area contributed by atoms with Crippen LogP contribution in [-0.2, 0) is 9.53 Å². The first-order valence-electron chi connectivity index (χ1n) is 8.84. The highest BCUT2D eigenvalue weighted by molar-refractivity contribution is 5.92. The number of ether oxygens (including phenoxy) is 1. The molecule has 2 N–H and O–H groups in total. The van der Waals surface area contributed by atoms with Gasteiger partial charge in [0.15, 0.2) is 0 Å². The van der Waals surface area contributed by atoms with Gasteiger partial charge in [0.1, 0.15) is 12.1 Å². The molecule has 4 rings (SSSR count). The van der Waals surface area contributed by atoms with E-state index in [0.29, 0.717) is 6.54 Å². The van der Waals surface area contributed by atoms with E-state index in [4.69, 9.17) is 10.5 Å². The van der Waals surface area contributed by atoms with Crippen LogP contribution in [0.2, 0.25) is 0 Å². The maximum Gasteiger partial charge on any atom is 0.222 e. The van der Waals surface area contributed by atoms with Crippen LogP contribution in [0.25, 0.3) is 10.9 Å². The quantitative estimate of drug-likeness (QED) is 0.902. The summed E-state index contributed by atoms with van der Waals surface area (Å²) in [6, 6.07) is 6.32. The Morgan fingerprint density at radius 1 is 1.16 bits per heavy atom. The van der Waals surface area contributed by atoms with Gasteiger partial charge in [0.2, 0.25) is 5.91 Å². The van der Waals surface area contributed by atoms with Crippen LogP contribution in [-0.4, -0.2) is 55.3 Å². The standard InChI is InChI=1S/C18H23N5O2/c19-17(24)13-2-1-5-23(11-13)18-15-4-3-14(10-16(15)20-12-21-18)22-6-8-25-9-7-22/h3-4,10,12-13H,1-2,5-9,11H2,(H2,19,24)/t13-/m1/s1. The summed E-state index contributed by atoms with van der Waals surface area (Å²) in [7, 11) is 0. The summed E-state index contributed by atoms with van der Waals surface area (Å²) in [5.74, 6) is 0.563. The third-order valence-electron chi connectivity index (χ3n) is 5.10. The fourth-order valence-electron chi connectivity index (χ4n) is 3.70. The first kappa shape index (κ1) is 16.1. The van der Waals surface area contributed by atoms with Crippen molar-refractivity contribution in [3.05, 3.63) is 24.5 Å². The molecule has 1 aromatic carbocycles. The molecule has 7 heteroatoms. The predicted octanol–water partition coefficient (Wildman–Crippen LogP) is 1.17. The van der Waals surface area contributed by atoms with Crippen LogP contribution in [0.5, 0.6) is 0 Å². The molecular formula is C18H23N5O2. The van der Waals surface area contributed by atoms with Gasteiger partial charge in [-0.3, -0.25) is 4.79 Å². The number of benzene rings is 1. The second-order valence-electron chi connectivity index (χ2n) is 6.69. The minimum atomic E-state index is -0.224. The Labute approximate surface area is 146 Å². The summed E-state index contributed by atoms with van der Waals surface area (Å²) < 4.78 is 5.42. The monoisotopic (exact) mass is 341 g/mol. The summed E-state index contributed by atoms with van der Waals surface area (Å²) >= 11 is 0. The molecule has 0 radical (unpaired) electrons. The Balaban J connectivity index is 1.64. The van der Waals surface area contributed by atoms with Crippen LogP contribution < -0.4 is 15.5 Å². The number of rotatable bonds is 3. The highest BCUT2D eigenvalue weighted by Gasteiger charge is 2.26. The van der Waals surface area contributed by atoms with E-state index in [9.17, 15) is 4.79 Å². The fraction of sp³-hybridized carbons (Fsp3) is 0.500. The first-order chi connectivity index (χ1) is 12.2. The van der Waals surface area contributed by atoms with E-state index >= 15 is 0 Å². The third-order valence-corrected chi connectivity index (χ3v) is 5.10. The summed E-state index contributed by atoms with van der Waals surface area (Å²) in [5, 5.41) is 1.02. The molecule has 2 aromatic rings. The van der Waals surface area contributed by atoms with Gasteiger partial charge < -0.3 is 20.3 Å². The minimum absolute atomic E-state index is 0.105. The summed E-state index contributed by atoms with van der Waals surface area (Å²) in [6.45, 7) is 4.84. The van der Waals surface area contributed by atoms with Gasteiger partial charge in [-0.05, 0) is 31.0 Å². The van der Waals surface area contributed by atoms with Gasteiger partial charge in [-0.15, -0.1) is 0 Å². The molecule has 2 aliphatic rings. The zero-order valence-corrected chi connectivity index (χ0v) is 14.2. The number of nitrogens with zero attached hydrogens (tertiary/aromatic N) is 4. The second kappa shape index (κ2) is 6.84. The molecule has 25 heavy (non-hydrogen) atoms. The molecule has 0 spiro atoms. The van der Waals surface area contributed by atoms with Gasteiger partial charge in [0, 0.05) is 37.3 Å². The lowest BCUT2D eigenvalue weighted by molar-refractivity contribution is -0.122. The number of fused-ring (bicyclic) bond motifs is 1. The Hall–Kier alpha value is -2.41. The number of amides is 1. The van der Waals surface area contributed by atoms with Crippen molar-refractivity contribution in [3.63, 3.8) is 0 Å². The maximum atomic E-state index is 11.6. The van der Waals surface area contributed by atoms with E-state index in [1.54, 1.807) is 6.33 Å². The number of primary amides is 1. The molecule has 2 fully saturated rings. The maximum absolute atomic E-state index is 11.6. The van der Waals surface area contributed by atoms with E-state index < -0.39 is 0 Å². The molecule has 0 unspecified atom stereocenters. The van der Waals surface area contributed by atoms with Crippen LogP contribution in [0.4, 0.5) is 11.5 Å². The van der Waals surface area contributed by atoms with E-state index in [0.717, 1.165) is 68.1 Å². The molecule has 7 nitrogen and oxygen atoms in total. The van der Waals surface area contributed by atoms with Crippen molar-refractivity contribution in [2.75, 3.05) is 49.2 Å². The SMILES string of the molecule is NC(=O)[C@@H]1CCCN(c2ncnc3cc(N4CCOCC4)ccc23)C1. The van der Waals surface area contributed by atoms with E-state index in [1.165, 1.54) is 0 Å². The molecule has 2 aliphatic heterocycles. The van der Waals surface area contributed by atoms with Crippen LogP contribution >= 0.6 is 0 Å². The minimum Gasteiger partial charge on any atom is -0.378 e. The Kier molecular flexibility index (Phi) is 4.40. The number of hydrogen-bond acceptors (Lipinski definition) is 6. The van der Waals surface area contributed by atoms with Crippen molar-refractivity contribution < 1.29 is 9.53 Å². The first-order valence-corrected chi connectivity index (χ1v) is 8.84. The lowest BCUT2D eigenvalue weighted by Crippen LogP contribution is -2.41. The van der Waals surface area contributed by atoms with Gasteiger partial charge in [-0.1, -0.05) is 0 Å².